The first kappa shape index (κ1) is 19.2. The number of aromatic amines is 1. The van der Waals surface area contributed by atoms with Gasteiger partial charge >= 0.3 is 6.18 Å². The second kappa shape index (κ2) is 7.95. The minimum Gasteiger partial charge on any atom is -0.493 e. The van der Waals surface area contributed by atoms with Crippen molar-refractivity contribution in [2.45, 2.75) is 17.1 Å². The third-order valence-electron chi connectivity index (χ3n) is 3.55. The van der Waals surface area contributed by atoms with Gasteiger partial charge in [-0.2, -0.15) is 13.2 Å². The third-order valence-corrected chi connectivity index (χ3v) is 4.43. The van der Waals surface area contributed by atoms with E-state index in [4.69, 9.17) is 14.2 Å². The molecule has 6 nitrogen and oxygen atoms in total. The number of thioether (sulfide) groups is 1. The smallest absolute Gasteiger partial charge is 0.422 e. The van der Waals surface area contributed by atoms with Crippen molar-refractivity contribution in [3.05, 3.63) is 36.2 Å². The van der Waals surface area contributed by atoms with Gasteiger partial charge in [-0.15, -0.1) is 0 Å². The Morgan fingerprint density at radius 3 is 2.67 bits per heavy atom. The molecule has 1 aromatic carbocycles. The molecule has 0 saturated heterocycles. The first-order chi connectivity index (χ1) is 12.9. The number of hydrogen-bond acceptors (Lipinski definition) is 6. The second-order valence-electron chi connectivity index (χ2n) is 5.41. The summed E-state index contributed by atoms with van der Waals surface area (Å²) < 4.78 is 52.1. The van der Waals surface area contributed by atoms with Crippen LogP contribution >= 0.6 is 11.8 Å². The van der Waals surface area contributed by atoms with E-state index in [9.17, 15) is 13.2 Å². The molecule has 2 aromatic heterocycles. The molecule has 144 valence electrons. The van der Waals surface area contributed by atoms with Crippen LogP contribution in [0, 0.1) is 0 Å². The van der Waals surface area contributed by atoms with E-state index in [-0.39, 0.29) is 5.75 Å². The molecule has 10 heteroatoms. The molecular weight excluding hydrogens is 383 g/mol. The predicted molar refractivity (Wildman–Crippen MR) is 94.5 cm³/mol. The summed E-state index contributed by atoms with van der Waals surface area (Å²) in [6, 6.07) is 6.26. The fourth-order valence-electron chi connectivity index (χ4n) is 2.38. The van der Waals surface area contributed by atoms with Crippen molar-refractivity contribution in [3.63, 3.8) is 0 Å². The highest BCUT2D eigenvalue weighted by molar-refractivity contribution is 7.98. The van der Waals surface area contributed by atoms with Crippen LogP contribution in [0.3, 0.4) is 0 Å². The zero-order valence-corrected chi connectivity index (χ0v) is 15.3. The van der Waals surface area contributed by atoms with Gasteiger partial charge in [-0.25, -0.2) is 4.98 Å². The Labute approximate surface area is 157 Å². The second-order valence-corrected chi connectivity index (χ2v) is 6.37. The normalized spacial score (nSPS) is 11.6. The number of imidazole rings is 1. The number of nitrogens with zero attached hydrogens (tertiary/aromatic N) is 2. The number of rotatable bonds is 7. The third kappa shape index (κ3) is 4.76. The van der Waals surface area contributed by atoms with E-state index in [1.165, 1.54) is 31.0 Å². The molecule has 0 spiro atoms. The maximum atomic E-state index is 12.3. The summed E-state index contributed by atoms with van der Waals surface area (Å²) in [5.41, 5.74) is 1.90. The molecule has 3 rings (SSSR count). The highest BCUT2D eigenvalue weighted by Crippen LogP contribution is 2.33. The Hall–Kier alpha value is -2.62. The highest BCUT2D eigenvalue weighted by Gasteiger charge is 2.28. The van der Waals surface area contributed by atoms with Crippen LogP contribution in [-0.4, -0.2) is 42.0 Å². The molecule has 0 radical (unpaired) electrons. The summed E-state index contributed by atoms with van der Waals surface area (Å²) in [7, 11) is 3.09. The fourth-order valence-corrected chi connectivity index (χ4v) is 3.20. The van der Waals surface area contributed by atoms with Gasteiger partial charge in [0.25, 0.3) is 0 Å². The molecule has 3 aromatic rings. The van der Waals surface area contributed by atoms with E-state index in [1.54, 1.807) is 25.4 Å². The minimum atomic E-state index is -4.38. The zero-order chi connectivity index (χ0) is 19.4. The van der Waals surface area contributed by atoms with Gasteiger partial charge in [0.1, 0.15) is 5.75 Å². The fraction of sp³-hybridized carbons (Fsp3) is 0.294. The molecule has 0 unspecified atom stereocenters. The summed E-state index contributed by atoms with van der Waals surface area (Å²) >= 11 is 1.39. The summed E-state index contributed by atoms with van der Waals surface area (Å²) in [5.74, 6) is 1.71. The average Bonchev–Trinajstić information content (AvgIpc) is 3.05. The molecule has 0 atom stereocenters. The average molecular weight is 399 g/mol. The quantitative estimate of drug-likeness (QED) is 0.601. The van der Waals surface area contributed by atoms with Crippen molar-refractivity contribution in [1.29, 1.82) is 0 Å². The largest absolute Gasteiger partial charge is 0.493 e. The maximum absolute atomic E-state index is 12.3. The van der Waals surface area contributed by atoms with E-state index in [1.807, 2.05) is 0 Å². The number of nitrogens with one attached hydrogen (secondary N) is 1. The lowest BCUT2D eigenvalue weighted by Crippen LogP contribution is -2.19. The number of alkyl halides is 3. The maximum Gasteiger partial charge on any atom is 0.422 e. The van der Waals surface area contributed by atoms with Gasteiger partial charge in [-0.05, 0) is 12.1 Å². The molecule has 1 N–H and O–H groups in total. The number of hydrogen-bond donors (Lipinski definition) is 1. The number of ether oxygens (including phenoxy) is 3. The highest BCUT2D eigenvalue weighted by atomic mass is 32.2. The van der Waals surface area contributed by atoms with E-state index in [0.717, 1.165) is 0 Å². The molecule has 0 amide bonds. The van der Waals surface area contributed by atoms with Crippen molar-refractivity contribution in [2.75, 3.05) is 20.8 Å². The Kier molecular flexibility index (Phi) is 5.64. The van der Waals surface area contributed by atoms with Crippen LogP contribution in [0.15, 0.2) is 35.6 Å². The van der Waals surface area contributed by atoms with Gasteiger partial charge in [-0.3, -0.25) is 4.98 Å². The van der Waals surface area contributed by atoms with Crippen LogP contribution in [-0.2, 0) is 5.75 Å². The van der Waals surface area contributed by atoms with Crippen LogP contribution < -0.4 is 14.2 Å². The summed E-state index contributed by atoms with van der Waals surface area (Å²) in [6.07, 6.45) is -2.76. The number of fused-ring (bicyclic) bond motifs is 1. The molecule has 0 aliphatic rings. The van der Waals surface area contributed by atoms with Crippen LogP contribution in [0.4, 0.5) is 13.2 Å². The summed E-state index contributed by atoms with van der Waals surface area (Å²) in [4.78, 5) is 11.8. The van der Waals surface area contributed by atoms with Gasteiger partial charge in [0.05, 0.1) is 30.9 Å². The number of benzene rings is 1. The van der Waals surface area contributed by atoms with Crippen LogP contribution in [0.2, 0.25) is 0 Å². The van der Waals surface area contributed by atoms with Crippen LogP contribution in [0.5, 0.6) is 17.2 Å². The molecule has 2 heterocycles. The number of aromatic nitrogens is 3. The van der Waals surface area contributed by atoms with E-state index in [2.05, 4.69) is 15.0 Å². The standard InChI is InChI=1S/C17H16F3N3O3S/c1-24-14-5-6-21-13(15(14)25-2)8-27-16-22-11-4-3-10(7-12(11)23-16)26-9-17(18,19)20/h3-7H,8-9H2,1-2H3,(H,22,23). The summed E-state index contributed by atoms with van der Waals surface area (Å²) in [5, 5.41) is 0.602. The van der Waals surface area contributed by atoms with Crippen molar-refractivity contribution < 1.29 is 27.4 Å². The lowest BCUT2D eigenvalue weighted by atomic mass is 10.3. The molecule has 0 aliphatic heterocycles. The van der Waals surface area contributed by atoms with E-state index >= 15 is 0 Å². The predicted octanol–water partition coefficient (Wildman–Crippen LogP) is 4.21. The van der Waals surface area contributed by atoms with Gasteiger partial charge < -0.3 is 19.2 Å². The SMILES string of the molecule is COc1ccnc(CSc2nc3cc(OCC(F)(F)F)ccc3[nH]2)c1OC. The first-order valence-corrected chi connectivity index (χ1v) is 8.76. The first-order valence-electron chi connectivity index (χ1n) is 7.77. The lowest BCUT2D eigenvalue weighted by molar-refractivity contribution is -0.153. The van der Waals surface area contributed by atoms with Crippen molar-refractivity contribution in [1.82, 2.24) is 15.0 Å². The Bertz CT molecular complexity index is 931. The van der Waals surface area contributed by atoms with Crippen molar-refractivity contribution >= 4 is 22.8 Å². The molecule has 0 saturated carbocycles. The van der Waals surface area contributed by atoms with Crippen molar-refractivity contribution in [2.24, 2.45) is 0 Å². The number of halogens is 3. The van der Waals surface area contributed by atoms with Crippen molar-refractivity contribution in [3.8, 4) is 17.2 Å². The van der Waals surface area contributed by atoms with Gasteiger partial charge in [0, 0.05) is 24.1 Å². The van der Waals surface area contributed by atoms with E-state index < -0.39 is 12.8 Å². The monoisotopic (exact) mass is 399 g/mol. The molecule has 0 fully saturated rings. The van der Waals surface area contributed by atoms with Gasteiger partial charge in [0.2, 0.25) is 0 Å². The number of pyridine rings is 1. The Balaban J connectivity index is 1.73. The topological polar surface area (TPSA) is 69.3 Å². The minimum absolute atomic E-state index is 0.110. The molecular formula is C17H16F3N3O3S. The Morgan fingerprint density at radius 2 is 1.96 bits per heavy atom. The molecule has 0 aliphatic carbocycles. The van der Waals surface area contributed by atoms with Crippen LogP contribution in [0.25, 0.3) is 11.0 Å². The van der Waals surface area contributed by atoms with E-state index in [0.29, 0.717) is 39.1 Å². The number of H-pyrrole nitrogens is 1. The Morgan fingerprint density at radius 1 is 1.15 bits per heavy atom. The summed E-state index contributed by atoms with van der Waals surface area (Å²) in [6.45, 7) is -1.34. The molecule has 0 bridgehead atoms. The van der Waals surface area contributed by atoms with Gasteiger partial charge in [0.15, 0.2) is 23.3 Å². The lowest BCUT2D eigenvalue weighted by Gasteiger charge is -2.10. The van der Waals surface area contributed by atoms with Gasteiger partial charge in [-0.1, -0.05) is 11.8 Å². The number of methoxy groups -OCH3 is 2. The zero-order valence-electron chi connectivity index (χ0n) is 14.5. The van der Waals surface area contributed by atoms with Crippen LogP contribution in [0.1, 0.15) is 5.69 Å². The molecule has 27 heavy (non-hydrogen) atoms.